The smallest absolute Gasteiger partial charge is 0.268 e. The van der Waals surface area contributed by atoms with Crippen LogP contribution in [0.4, 0.5) is 5.82 Å². The van der Waals surface area contributed by atoms with Crippen LogP contribution >= 0.6 is 0 Å². The normalized spacial score (nSPS) is 14.3. The number of imidazole rings is 1. The van der Waals surface area contributed by atoms with Gasteiger partial charge in [0.05, 0.1) is 17.0 Å². The number of nitrogens with one attached hydrogen (secondary N) is 2. The monoisotopic (exact) mass is 582 g/mol. The van der Waals surface area contributed by atoms with Gasteiger partial charge in [-0.15, -0.1) is 0 Å². The Hall–Kier alpha value is -6.04. The lowest BCUT2D eigenvalue weighted by molar-refractivity contribution is 0.0934. The first-order valence-corrected chi connectivity index (χ1v) is 14.2. The van der Waals surface area contributed by atoms with Gasteiger partial charge in [-0.05, 0) is 72.5 Å². The van der Waals surface area contributed by atoms with Gasteiger partial charge in [-0.1, -0.05) is 6.07 Å². The predicted molar refractivity (Wildman–Crippen MR) is 166 cm³/mol. The summed E-state index contributed by atoms with van der Waals surface area (Å²) in [5.41, 5.74) is 11.6. The van der Waals surface area contributed by atoms with Gasteiger partial charge in [0.1, 0.15) is 17.0 Å². The van der Waals surface area contributed by atoms with Crippen molar-refractivity contribution in [3.05, 3.63) is 113 Å². The van der Waals surface area contributed by atoms with Crippen molar-refractivity contribution < 1.29 is 4.79 Å². The zero-order valence-corrected chi connectivity index (χ0v) is 23.6. The number of nitrogen functional groups attached to an aromatic ring is 1. The van der Waals surface area contributed by atoms with Gasteiger partial charge in [0.15, 0.2) is 17.3 Å². The number of pyridine rings is 3. The number of aryl methyl sites for hydroxylation is 2. The van der Waals surface area contributed by atoms with Gasteiger partial charge in [-0.2, -0.15) is 5.10 Å². The first kappa shape index (κ1) is 25.7. The molecule has 1 atom stereocenters. The van der Waals surface area contributed by atoms with E-state index in [4.69, 9.17) is 15.7 Å². The van der Waals surface area contributed by atoms with Gasteiger partial charge in [0.2, 0.25) is 0 Å². The quantitative estimate of drug-likeness (QED) is 0.279. The van der Waals surface area contributed by atoms with E-state index in [0.717, 1.165) is 29.7 Å². The summed E-state index contributed by atoms with van der Waals surface area (Å²) < 4.78 is 5.19. The van der Waals surface area contributed by atoms with Crippen LogP contribution in [-0.4, -0.2) is 44.8 Å². The van der Waals surface area contributed by atoms with Crippen LogP contribution in [-0.2, 0) is 13.5 Å². The number of anilines is 1. The molecule has 0 bridgehead atoms. The molecule has 0 unspecified atom stereocenters. The summed E-state index contributed by atoms with van der Waals surface area (Å²) in [4.78, 5) is 43.0. The predicted octanol–water partition coefficient (Wildman–Crippen LogP) is 3.85. The number of nitrogens with zero attached hydrogens (tertiary/aromatic N) is 7. The molecule has 0 radical (unpaired) electrons. The Balaban J connectivity index is 1.18. The molecule has 0 aliphatic heterocycles. The average Bonchev–Trinajstić information content (AvgIpc) is 3.84. The number of aromatic nitrogens is 8. The molecule has 0 spiro atoms. The second kappa shape index (κ2) is 9.76. The summed E-state index contributed by atoms with van der Waals surface area (Å²) in [6.45, 7) is 0. The fraction of sp³-hybridized carbons (Fsp3) is 0.125. The molecule has 7 aromatic rings. The molecular formula is C32H26N10O2. The third-order valence-electron chi connectivity index (χ3n) is 8.24. The molecule has 1 aliphatic carbocycles. The number of hydrogen-bond donors (Lipinski definition) is 3. The molecule has 12 nitrogen and oxygen atoms in total. The van der Waals surface area contributed by atoms with Gasteiger partial charge in [0.25, 0.3) is 11.5 Å². The first-order chi connectivity index (χ1) is 21.5. The van der Waals surface area contributed by atoms with Crippen LogP contribution in [0.1, 0.15) is 34.1 Å². The molecule has 4 N–H and O–H groups in total. The highest BCUT2D eigenvalue weighted by Crippen LogP contribution is 2.36. The highest BCUT2D eigenvalue weighted by Gasteiger charge is 2.27. The van der Waals surface area contributed by atoms with Crippen LogP contribution in [0, 0.1) is 0 Å². The highest BCUT2D eigenvalue weighted by atomic mass is 16.2. The molecule has 1 amide bonds. The number of amides is 1. The van der Waals surface area contributed by atoms with Crippen molar-refractivity contribution in [2.75, 3.05) is 5.73 Å². The highest BCUT2D eigenvalue weighted by molar-refractivity contribution is 6.06. The molecule has 44 heavy (non-hydrogen) atoms. The second-order valence-corrected chi connectivity index (χ2v) is 10.8. The van der Waals surface area contributed by atoms with Gasteiger partial charge >= 0.3 is 0 Å². The molecule has 0 saturated carbocycles. The lowest BCUT2D eigenvalue weighted by Gasteiger charge is -2.16. The van der Waals surface area contributed by atoms with E-state index in [1.165, 1.54) is 4.57 Å². The van der Waals surface area contributed by atoms with Crippen LogP contribution in [0.2, 0.25) is 0 Å². The topological polar surface area (TPSA) is 154 Å². The molecule has 12 heteroatoms. The van der Waals surface area contributed by atoms with E-state index in [9.17, 15) is 9.59 Å². The number of fused-ring (bicyclic) bond motifs is 3. The Kier molecular flexibility index (Phi) is 5.69. The molecule has 1 aromatic carbocycles. The van der Waals surface area contributed by atoms with Crippen molar-refractivity contribution >= 4 is 33.7 Å². The third kappa shape index (κ3) is 3.99. The number of H-pyrrole nitrogens is 1. The molecule has 6 heterocycles. The van der Waals surface area contributed by atoms with Crippen molar-refractivity contribution in [2.24, 2.45) is 7.05 Å². The summed E-state index contributed by atoms with van der Waals surface area (Å²) in [6, 6.07) is 17.2. The minimum Gasteiger partial charge on any atom is -0.383 e. The number of benzene rings is 1. The minimum atomic E-state index is -0.250. The number of carbonyl (C=O) groups is 1. The van der Waals surface area contributed by atoms with Crippen molar-refractivity contribution in [1.29, 1.82) is 0 Å². The Morgan fingerprint density at radius 2 is 1.95 bits per heavy atom. The van der Waals surface area contributed by atoms with Crippen LogP contribution in [0.15, 0.2) is 90.4 Å². The summed E-state index contributed by atoms with van der Waals surface area (Å²) in [6.07, 6.45) is 9.99. The van der Waals surface area contributed by atoms with Crippen LogP contribution in [0.5, 0.6) is 0 Å². The molecule has 0 saturated heterocycles. The van der Waals surface area contributed by atoms with Crippen LogP contribution in [0.25, 0.3) is 44.8 Å². The molecular weight excluding hydrogens is 556 g/mol. The summed E-state index contributed by atoms with van der Waals surface area (Å²) in [7, 11) is 1.69. The Morgan fingerprint density at radius 3 is 2.80 bits per heavy atom. The van der Waals surface area contributed by atoms with Crippen molar-refractivity contribution in [1.82, 2.24) is 44.2 Å². The number of aromatic amines is 1. The zero-order chi connectivity index (χ0) is 29.9. The third-order valence-corrected chi connectivity index (χ3v) is 8.24. The van der Waals surface area contributed by atoms with Gasteiger partial charge < -0.3 is 20.6 Å². The SMILES string of the molecule is Cn1ccc2c(C(=O)N[C@H]3CCc4cc(-n5c(-c6cccnc6N)nc6ccc(-n7cccn7)nc65)ccc43)[nH]cc2c1=O. The van der Waals surface area contributed by atoms with E-state index in [1.54, 1.807) is 42.6 Å². The molecule has 8 rings (SSSR count). The van der Waals surface area contributed by atoms with E-state index in [1.807, 2.05) is 53.2 Å². The van der Waals surface area contributed by atoms with E-state index >= 15 is 0 Å². The second-order valence-electron chi connectivity index (χ2n) is 10.8. The maximum atomic E-state index is 13.3. The summed E-state index contributed by atoms with van der Waals surface area (Å²) in [5, 5.41) is 8.60. The lowest BCUT2D eigenvalue weighted by atomic mass is 10.1. The van der Waals surface area contributed by atoms with Gasteiger partial charge in [0, 0.05) is 49.1 Å². The van der Waals surface area contributed by atoms with E-state index < -0.39 is 0 Å². The first-order valence-electron chi connectivity index (χ1n) is 14.2. The zero-order valence-electron chi connectivity index (χ0n) is 23.6. The number of hydrogen-bond acceptors (Lipinski definition) is 7. The Labute approximate surface area is 249 Å². The minimum absolute atomic E-state index is 0.151. The maximum Gasteiger partial charge on any atom is 0.268 e. The van der Waals surface area contributed by atoms with Gasteiger partial charge in [-0.25, -0.2) is 19.6 Å². The van der Waals surface area contributed by atoms with Crippen LogP contribution < -0.4 is 16.6 Å². The summed E-state index contributed by atoms with van der Waals surface area (Å²) in [5.74, 6) is 1.41. The number of carbonyl (C=O) groups excluding carboxylic acids is 1. The van der Waals surface area contributed by atoms with E-state index in [0.29, 0.717) is 50.7 Å². The molecule has 216 valence electrons. The fourth-order valence-electron chi connectivity index (χ4n) is 6.05. The Morgan fingerprint density at radius 1 is 1.05 bits per heavy atom. The Bertz CT molecular complexity index is 2290. The number of nitrogens with two attached hydrogens (primary N) is 1. The average molecular weight is 583 g/mol. The molecule has 6 aromatic heterocycles. The lowest BCUT2D eigenvalue weighted by Crippen LogP contribution is -2.27. The molecule has 0 fully saturated rings. The van der Waals surface area contributed by atoms with E-state index in [2.05, 4.69) is 26.4 Å². The largest absolute Gasteiger partial charge is 0.383 e. The number of rotatable bonds is 5. The van der Waals surface area contributed by atoms with Crippen molar-refractivity contribution in [3.63, 3.8) is 0 Å². The van der Waals surface area contributed by atoms with E-state index in [-0.39, 0.29) is 17.5 Å². The van der Waals surface area contributed by atoms with Crippen molar-refractivity contribution in [2.45, 2.75) is 18.9 Å². The maximum absolute atomic E-state index is 13.3. The standard InChI is InChI=1S/C32H26N10O2/c1-40-15-11-21-23(32(40)44)17-35-27(21)31(43)38-24-8-5-18-16-19(6-7-20(18)24)42-29(22-4-2-12-34-28(22)33)37-25-9-10-26(39-30(25)42)41-14-3-13-36-41/h2-4,6-7,9-17,24,35H,5,8H2,1H3,(H2,33,34)(H,38,43)/t24-/m0/s1. The van der Waals surface area contributed by atoms with Gasteiger partial charge in [-0.3, -0.25) is 14.2 Å². The van der Waals surface area contributed by atoms with Crippen LogP contribution in [0.3, 0.4) is 0 Å². The summed E-state index contributed by atoms with van der Waals surface area (Å²) >= 11 is 0. The fourth-order valence-corrected chi connectivity index (χ4v) is 6.05. The van der Waals surface area contributed by atoms with Crippen molar-refractivity contribution in [3.8, 4) is 22.9 Å². The molecule has 1 aliphatic rings.